The Morgan fingerprint density at radius 3 is 0.660 bits per heavy atom. The first-order chi connectivity index (χ1) is 50.0. The van der Waals surface area contributed by atoms with Crippen LogP contribution in [0.4, 0.5) is 0 Å². The van der Waals surface area contributed by atoms with Gasteiger partial charge in [0.05, 0.1) is 26.4 Å². The van der Waals surface area contributed by atoms with Crippen molar-refractivity contribution in [2.45, 2.75) is 470 Å². The summed E-state index contributed by atoms with van der Waals surface area (Å²) in [5, 5.41) is 10.7. The molecule has 0 fully saturated rings. The van der Waals surface area contributed by atoms with E-state index in [1.54, 1.807) is 0 Å². The highest BCUT2D eigenvalue weighted by molar-refractivity contribution is 7.47. The van der Waals surface area contributed by atoms with Gasteiger partial charge < -0.3 is 33.8 Å². The quantitative estimate of drug-likeness (QED) is 0.0222. The maximum Gasteiger partial charge on any atom is 0.472 e. The number of carbonyl (C=O) groups is 4. The highest BCUT2D eigenvalue weighted by Crippen LogP contribution is 2.45. The summed E-state index contributed by atoms with van der Waals surface area (Å²) in [6.07, 6.45) is 69.2. The average molecular weight is 1510 g/mol. The van der Waals surface area contributed by atoms with Crippen LogP contribution in [0, 0.1) is 5.92 Å². The van der Waals surface area contributed by atoms with Crippen molar-refractivity contribution in [1.82, 2.24) is 0 Å². The first-order valence-corrected chi connectivity index (χ1v) is 46.6. The summed E-state index contributed by atoms with van der Waals surface area (Å²) in [7, 11) is -9.92. The molecular weight excluding hydrogens is 1340 g/mol. The maximum atomic E-state index is 13.1. The van der Waals surface area contributed by atoms with Gasteiger partial charge in [-0.15, -0.1) is 0 Å². The lowest BCUT2D eigenvalue weighted by Crippen LogP contribution is -2.30. The molecule has 0 heterocycles. The lowest BCUT2D eigenvalue weighted by molar-refractivity contribution is -0.161. The number of aliphatic hydroxyl groups excluding tert-OH is 1. The molecule has 0 radical (unpaired) electrons. The van der Waals surface area contributed by atoms with Crippen LogP contribution in [0.1, 0.15) is 452 Å². The van der Waals surface area contributed by atoms with Crippen LogP contribution < -0.4 is 0 Å². The van der Waals surface area contributed by atoms with Gasteiger partial charge in [-0.1, -0.05) is 401 Å². The molecule has 0 saturated heterocycles. The van der Waals surface area contributed by atoms with Crippen molar-refractivity contribution in [3.8, 4) is 0 Å². The summed E-state index contributed by atoms with van der Waals surface area (Å²) in [6, 6.07) is 0. The Bertz CT molecular complexity index is 1960. The summed E-state index contributed by atoms with van der Waals surface area (Å²) in [4.78, 5) is 73.2. The van der Waals surface area contributed by atoms with Crippen molar-refractivity contribution < 1.29 is 80.2 Å². The van der Waals surface area contributed by atoms with Crippen LogP contribution in [0.15, 0.2) is 0 Å². The summed E-state index contributed by atoms with van der Waals surface area (Å²) in [5.41, 5.74) is 0. The smallest absolute Gasteiger partial charge is 0.462 e. The van der Waals surface area contributed by atoms with E-state index in [1.807, 2.05) is 0 Å². The van der Waals surface area contributed by atoms with E-state index in [9.17, 15) is 43.2 Å². The molecule has 0 spiro atoms. The third-order valence-electron chi connectivity index (χ3n) is 19.8. The summed E-state index contributed by atoms with van der Waals surface area (Å²) in [5.74, 6) is -1.30. The number of rotatable bonds is 84. The van der Waals surface area contributed by atoms with Crippen molar-refractivity contribution in [2.24, 2.45) is 5.92 Å². The SMILES string of the molecule is CCCCCCCCCCCCCCCCCCCC(=O)OC[C@H](COP(=O)(O)OC[C@@H](O)COP(=O)(O)OC[C@@H](COC(=O)CCCCCCCCCCCCCCC)OC(=O)CCCCCCCCCCCCCCCCC)OC(=O)CCCCCCCCCCCCCCCCCC(C)C. The van der Waals surface area contributed by atoms with E-state index >= 15 is 0 Å². The van der Waals surface area contributed by atoms with Gasteiger partial charge in [0.15, 0.2) is 12.2 Å². The predicted molar refractivity (Wildman–Crippen MR) is 423 cm³/mol. The molecule has 2 unspecified atom stereocenters. The van der Waals surface area contributed by atoms with Crippen LogP contribution in [-0.2, 0) is 65.4 Å². The summed E-state index contributed by atoms with van der Waals surface area (Å²) >= 11 is 0. The summed E-state index contributed by atoms with van der Waals surface area (Å²) < 4.78 is 68.9. The second kappa shape index (κ2) is 76.8. The second-order valence-corrected chi connectivity index (χ2v) is 33.6. The minimum Gasteiger partial charge on any atom is -0.462 e. The fourth-order valence-corrected chi connectivity index (χ4v) is 14.7. The Labute approximate surface area is 632 Å². The highest BCUT2D eigenvalue weighted by Gasteiger charge is 2.30. The predicted octanol–water partition coefficient (Wildman–Crippen LogP) is 25.6. The molecule has 0 amide bonds. The molecule has 0 bridgehead atoms. The first kappa shape index (κ1) is 101. The third kappa shape index (κ3) is 78.0. The molecule has 19 heteroatoms. The summed E-state index contributed by atoms with van der Waals surface area (Å²) in [6.45, 7) is 7.39. The average Bonchev–Trinajstić information content (AvgIpc) is 1.13. The van der Waals surface area contributed by atoms with Gasteiger partial charge in [-0.2, -0.15) is 0 Å². The largest absolute Gasteiger partial charge is 0.472 e. The van der Waals surface area contributed by atoms with Gasteiger partial charge in [-0.05, 0) is 31.6 Å². The Hall–Kier alpha value is -1.94. The molecule has 612 valence electrons. The van der Waals surface area contributed by atoms with Gasteiger partial charge >= 0.3 is 39.5 Å². The lowest BCUT2D eigenvalue weighted by Gasteiger charge is -2.21. The zero-order valence-electron chi connectivity index (χ0n) is 67.5. The number of hydrogen-bond acceptors (Lipinski definition) is 15. The highest BCUT2D eigenvalue weighted by atomic mass is 31.2. The maximum absolute atomic E-state index is 13.1. The molecule has 0 rings (SSSR count). The van der Waals surface area contributed by atoms with Crippen molar-refractivity contribution in [2.75, 3.05) is 39.6 Å². The number of phosphoric acid groups is 2. The van der Waals surface area contributed by atoms with Crippen LogP contribution in [-0.4, -0.2) is 96.7 Å². The fraction of sp³-hybridized carbons (Fsp3) is 0.952. The van der Waals surface area contributed by atoms with Crippen molar-refractivity contribution in [1.29, 1.82) is 0 Å². The number of aliphatic hydroxyl groups is 1. The molecule has 0 saturated carbocycles. The van der Waals surface area contributed by atoms with Crippen LogP contribution in [0.2, 0.25) is 0 Å². The first-order valence-electron chi connectivity index (χ1n) is 43.6. The zero-order chi connectivity index (χ0) is 75.5. The van der Waals surface area contributed by atoms with E-state index in [0.29, 0.717) is 25.7 Å². The Morgan fingerprint density at radius 2 is 0.447 bits per heavy atom. The fourth-order valence-electron chi connectivity index (χ4n) is 13.1. The number of ether oxygens (including phenoxy) is 4. The van der Waals surface area contributed by atoms with E-state index in [0.717, 1.165) is 95.8 Å². The number of esters is 4. The van der Waals surface area contributed by atoms with Crippen molar-refractivity contribution in [3.63, 3.8) is 0 Å². The molecule has 103 heavy (non-hydrogen) atoms. The Balaban J connectivity index is 5.26. The van der Waals surface area contributed by atoms with Gasteiger partial charge in [0.25, 0.3) is 0 Å². The number of carbonyl (C=O) groups excluding carboxylic acids is 4. The van der Waals surface area contributed by atoms with Gasteiger partial charge in [0.2, 0.25) is 0 Å². The van der Waals surface area contributed by atoms with Crippen molar-refractivity contribution >= 4 is 39.5 Å². The molecule has 0 aromatic carbocycles. The van der Waals surface area contributed by atoms with Gasteiger partial charge in [0.1, 0.15) is 19.3 Å². The molecule has 0 aliphatic rings. The molecule has 3 N–H and O–H groups in total. The number of hydrogen-bond donors (Lipinski definition) is 3. The Kier molecular flexibility index (Phi) is 75.4. The van der Waals surface area contributed by atoms with E-state index in [4.69, 9.17) is 37.0 Å². The Morgan fingerprint density at radius 1 is 0.262 bits per heavy atom. The van der Waals surface area contributed by atoms with Crippen LogP contribution in [0.25, 0.3) is 0 Å². The molecule has 0 aromatic rings. The van der Waals surface area contributed by atoms with E-state index in [-0.39, 0.29) is 25.7 Å². The zero-order valence-corrected chi connectivity index (χ0v) is 69.3. The second-order valence-electron chi connectivity index (χ2n) is 30.7. The topological polar surface area (TPSA) is 237 Å². The third-order valence-corrected chi connectivity index (χ3v) is 21.7. The molecule has 5 atom stereocenters. The van der Waals surface area contributed by atoms with Crippen molar-refractivity contribution in [3.05, 3.63) is 0 Å². The molecular formula is C84H164O17P2. The lowest BCUT2D eigenvalue weighted by atomic mass is 10.0. The van der Waals surface area contributed by atoms with Gasteiger partial charge in [-0.25, -0.2) is 9.13 Å². The monoisotopic (exact) mass is 1510 g/mol. The molecule has 0 aliphatic carbocycles. The number of phosphoric ester groups is 2. The molecule has 0 aromatic heterocycles. The van der Waals surface area contributed by atoms with E-state index in [1.165, 1.54) is 276 Å². The standard InChI is InChI=1S/C84H164O17P2/c1-6-9-12-15-18-21-24-27-29-30-34-38-43-48-53-58-63-68-82(87)95-74-80(101-84(89)70-65-60-55-50-45-40-35-31-33-37-41-46-51-56-61-66-77(4)5)76-99-103(92,93)97-72-78(85)71-96-102(90,91)98-75-79(73-94-81(86)67-62-57-52-47-42-36-26-23-20-17-14-11-8-3)100-83(88)69-64-59-54-49-44-39-32-28-25-22-19-16-13-10-7-2/h77-80,85H,6-76H2,1-5H3,(H,90,91)(H,92,93)/t78-,79+,80+/m0/s1. The van der Waals surface area contributed by atoms with Crippen LogP contribution in [0.5, 0.6) is 0 Å². The minimum absolute atomic E-state index is 0.109. The molecule has 0 aliphatic heterocycles. The number of unbranched alkanes of at least 4 members (excludes halogenated alkanes) is 56. The van der Waals surface area contributed by atoms with Gasteiger partial charge in [0, 0.05) is 25.7 Å². The minimum atomic E-state index is -4.96. The van der Waals surface area contributed by atoms with Crippen LogP contribution >= 0.6 is 15.6 Å². The van der Waals surface area contributed by atoms with Crippen LogP contribution in [0.3, 0.4) is 0 Å². The molecule has 17 nitrogen and oxygen atoms in total. The van der Waals surface area contributed by atoms with E-state index < -0.39 is 97.5 Å². The van der Waals surface area contributed by atoms with E-state index in [2.05, 4.69) is 34.6 Å². The normalized spacial score (nSPS) is 13.8. The van der Waals surface area contributed by atoms with Gasteiger partial charge in [-0.3, -0.25) is 37.3 Å².